The summed E-state index contributed by atoms with van der Waals surface area (Å²) >= 11 is 0. The van der Waals surface area contributed by atoms with Crippen molar-refractivity contribution in [1.82, 2.24) is 9.88 Å². The van der Waals surface area contributed by atoms with Gasteiger partial charge in [0.15, 0.2) is 0 Å². The Hall–Kier alpha value is -1.42. The molecule has 1 heterocycles. The van der Waals surface area contributed by atoms with Gasteiger partial charge in [0.1, 0.15) is 0 Å². The molecule has 0 saturated heterocycles. The summed E-state index contributed by atoms with van der Waals surface area (Å²) in [5.41, 5.74) is 6.82. The van der Waals surface area contributed by atoms with Gasteiger partial charge in [-0.15, -0.1) is 0 Å². The largest absolute Gasteiger partial charge is 0.337 e. The number of rotatable bonds is 7. The number of carbonyl (C=O) groups excluding carboxylic acids is 1. The molecule has 0 aliphatic heterocycles. The smallest absolute Gasteiger partial charge is 0.224 e. The number of hydrogen-bond donors (Lipinski definition) is 1. The normalized spacial score (nSPS) is 12.2. The molecular weight excluding hydrogens is 226 g/mol. The lowest BCUT2D eigenvalue weighted by Gasteiger charge is -2.22. The van der Waals surface area contributed by atoms with Crippen LogP contribution in [-0.2, 0) is 11.3 Å². The molecule has 1 rings (SSSR count). The number of hydrogen-bond acceptors (Lipinski definition) is 3. The van der Waals surface area contributed by atoms with Crippen LogP contribution in [0.2, 0.25) is 0 Å². The van der Waals surface area contributed by atoms with Crippen molar-refractivity contribution in [2.75, 3.05) is 6.54 Å². The van der Waals surface area contributed by atoms with E-state index in [4.69, 9.17) is 5.73 Å². The van der Waals surface area contributed by atoms with E-state index in [0.717, 1.165) is 18.5 Å². The van der Waals surface area contributed by atoms with E-state index in [1.54, 1.807) is 11.1 Å². The molecule has 0 radical (unpaired) electrons. The van der Waals surface area contributed by atoms with Crippen LogP contribution in [0.5, 0.6) is 0 Å². The zero-order valence-corrected chi connectivity index (χ0v) is 11.3. The lowest BCUT2D eigenvalue weighted by atomic mass is 10.1. The van der Waals surface area contributed by atoms with Crippen LogP contribution < -0.4 is 5.73 Å². The Morgan fingerprint density at radius 1 is 1.44 bits per heavy atom. The molecule has 1 atom stereocenters. The van der Waals surface area contributed by atoms with Crippen LogP contribution in [0.3, 0.4) is 0 Å². The van der Waals surface area contributed by atoms with Crippen LogP contribution in [0.25, 0.3) is 0 Å². The first-order chi connectivity index (χ1) is 8.67. The quantitative estimate of drug-likeness (QED) is 0.803. The fourth-order valence-corrected chi connectivity index (χ4v) is 1.89. The van der Waals surface area contributed by atoms with Gasteiger partial charge in [-0.1, -0.05) is 19.4 Å². The maximum atomic E-state index is 12.1. The average Bonchev–Trinajstić information content (AvgIpc) is 2.37. The Morgan fingerprint density at radius 2 is 2.22 bits per heavy atom. The summed E-state index contributed by atoms with van der Waals surface area (Å²) in [4.78, 5) is 18.1. The molecule has 18 heavy (non-hydrogen) atoms. The fraction of sp³-hybridized carbons (Fsp3) is 0.571. The first-order valence-corrected chi connectivity index (χ1v) is 6.60. The zero-order chi connectivity index (χ0) is 13.4. The predicted molar refractivity (Wildman–Crippen MR) is 72.8 cm³/mol. The van der Waals surface area contributed by atoms with Crippen molar-refractivity contribution in [3.8, 4) is 0 Å². The molecule has 0 fully saturated rings. The predicted octanol–water partition coefficient (Wildman–Crippen LogP) is 1.95. The minimum Gasteiger partial charge on any atom is -0.337 e. The number of carbonyl (C=O) groups is 1. The van der Waals surface area contributed by atoms with E-state index in [-0.39, 0.29) is 11.9 Å². The molecule has 1 aromatic rings. The molecule has 2 N–H and O–H groups in total. The van der Waals surface area contributed by atoms with Gasteiger partial charge < -0.3 is 10.6 Å². The molecule has 0 spiro atoms. The summed E-state index contributed by atoms with van der Waals surface area (Å²) in [6, 6.07) is 5.71. The van der Waals surface area contributed by atoms with Crippen LogP contribution in [0, 0.1) is 0 Å². The summed E-state index contributed by atoms with van der Waals surface area (Å²) in [5.74, 6) is 0.115. The third-order valence-corrected chi connectivity index (χ3v) is 2.91. The molecule has 4 heteroatoms. The van der Waals surface area contributed by atoms with Crippen LogP contribution in [0.4, 0.5) is 0 Å². The molecule has 1 aromatic heterocycles. The van der Waals surface area contributed by atoms with Crippen molar-refractivity contribution in [2.45, 2.75) is 45.7 Å². The SMILES string of the molecule is CCCC(N)CC(=O)N(CC)Cc1ccccn1. The van der Waals surface area contributed by atoms with Crippen molar-refractivity contribution in [3.63, 3.8) is 0 Å². The molecule has 0 aliphatic rings. The van der Waals surface area contributed by atoms with E-state index in [1.807, 2.05) is 25.1 Å². The molecule has 0 aliphatic carbocycles. The standard InChI is InChI=1S/C14H23N3O/c1-3-7-12(15)10-14(18)17(4-2)11-13-8-5-6-9-16-13/h5-6,8-9,12H,3-4,7,10-11,15H2,1-2H3. The summed E-state index contributed by atoms with van der Waals surface area (Å²) in [5, 5.41) is 0. The highest BCUT2D eigenvalue weighted by Gasteiger charge is 2.15. The Bertz CT molecular complexity index is 353. The van der Waals surface area contributed by atoms with Gasteiger partial charge in [0.2, 0.25) is 5.91 Å². The second-order valence-corrected chi connectivity index (χ2v) is 4.48. The number of nitrogens with two attached hydrogens (primary N) is 1. The first-order valence-electron chi connectivity index (χ1n) is 6.60. The topological polar surface area (TPSA) is 59.2 Å². The van der Waals surface area contributed by atoms with Gasteiger partial charge in [0.25, 0.3) is 0 Å². The number of aromatic nitrogens is 1. The van der Waals surface area contributed by atoms with Gasteiger partial charge >= 0.3 is 0 Å². The van der Waals surface area contributed by atoms with Gasteiger partial charge in [-0.3, -0.25) is 9.78 Å². The van der Waals surface area contributed by atoms with Gasteiger partial charge in [0.05, 0.1) is 12.2 Å². The van der Waals surface area contributed by atoms with E-state index in [1.165, 1.54) is 0 Å². The minimum atomic E-state index is -0.0275. The summed E-state index contributed by atoms with van der Waals surface area (Å²) in [6.07, 6.45) is 4.08. The first kappa shape index (κ1) is 14.6. The average molecular weight is 249 g/mol. The molecule has 1 amide bonds. The van der Waals surface area contributed by atoms with Crippen molar-refractivity contribution in [3.05, 3.63) is 30.1 Å². The lowest BCUT2D eigenvalue weighted by molar-refractivity contribution is -0.132. The van der Waals surface area contributed by atoms with E-state index in [2.05, 4.69) is 11.9 Å². The third kappa shape index (κ3) is 4.84. The number of amides is 1. The highest BCUT2D eigenvalue weighted by Crippen LogP contribution is 2.06. The van der Waals surface area contributed by atoms with E-state index < -0.39 is 0 Å². The summed E-state index contributed by atoms with van der Waals surface area (Å²) in [7, 11) is 0. The van der Waals surface area contributed by atoms with Crippen molar-refractivity contribution >= 4 is 5.91 Å². The maximum Gasteiger partial charge on any atom is 0.224 e. The van der Waals surface area contributed by atoms with Crippen molar-refractivity contribution in [1.29, 1.82) is 0 Å². The maximum absolute atomic E-state index is 12.1. The molecule has 4 nitrogen and oxygen atoms in total. The number of nitrogens with zero attached hydrogens (tertiary/aromatic N) is 2. The van der Waals surface area contributed by atoms with E-state index in [0.29, 0.717) is 19.5 Å². The Morgan fingerprint density at radius 3 is 2.78 bits per heavy atom. The monoisotopic (exact) mass is 249 g/mol. The van der Waals surface area contributed by atoms with Crippen LogP contribution in [0.15, 0.2) is 24.4 Å². The molecule has 1 unspecified atom stereocenters. The van der Waals surface area contributed by atoms with Gasteiger partial charge in [-0.2, -0.15) is 0 Å². The number of pyridine rings is 1. The zero-order valence-electron chi connectivity index (χ0n) is 11.3. The second kappa shape index (κ2) is 7.82. The van der Waals surface area contributed by atoms with Crippen molar-refractivity contribution in [2.24, 2.45) is 5.73 Å². The molecule has 0 saturated carbocycles. The Kier molecular flexibility index (Phi) is 6.36. The Balaban J connectivity index is 2.52. The van der Waals surface area contributed by atoms with Crippen molar-refractivity contribution < 1.29 is 4.79 Å². The van der Waals surface area contributed by atoms with Crippen LogP contribution in [0.1, 0.15) is 38.8 Å². The van der Waals surface area contributed by atoms with Gasteiger partial charge in [-0.25, -0.2) is 0 Å². The van der Waals surface area contributed by atoms with E-state index in [9.17, 15) is 4.79 Å². The lowest BCUT2D eigenvalue weighted by Crippen LogP contribution is -2.35. The molecule has 0 bridgehead atoms. The fourth-order valence-electron chi connectivity index (χ4n) is 1.89. The minimum absolute atomic E-state index is 0.0275. The van der Waals surface area contributed by atoms with Gasteiger partial charge in [0, 0.05) is 25.2 Å². The van der Waals surface area contributed by atoms with Crippen LogP contribution in [-0.4, -0.2) is 28.4 Å². The molecule has 100 valence electrons. The summed E-state index contributed by atoms with van der Waals surface area (Å²) in [6.45, 7) is 5.31. The Labute approximate surface area is 109 Å². The second-order valence-electron chi connectivity index (χ2n) is 4.48. The van der Waals surface area contributed by atoms with Gasteiger partial charge in [-0.05, 0) is 25.5 Å². The third-order valence-electron chi connectivity index (χ3n) is 2.91. The molecule has 0 aromatic carbocycles. The molecular formula is C14H23N3O. The summed E-state index contributed by atoms with van der Waals surface area (Å²) < 4.78 is 0. The van der Waals surface area contributed by atoms with Crippen LogP contribution >= 0.6 is 0 Å². The van der Waals surface area contributed by atoms with E-state index >= 15 is 0 Å². The highest BCUT2D eigenvalue weighted by molar-refractivity contribution is 5.76. The highest BCUT2D eigenvalue weighted by atomic mass is 16.2.